The van der Waals surface area contributed by atoms with Gasteiger partial charge in [0.05, 0.1) is 0 Å². The van der Waals surface area contributed by atoms with Gasteiger partial charge in [0, 0.05) is 6.54 Å². The van der Waals surface area contributed by atoms with Crippen LogP contribution < -0.4 is 10.1 Å². The van der Waals surface area contributed by atoms with E-state index in [-0.39, 0.29) is 0 Å². The third-order valence-corrected chi connectivity index (χ3v) is 4.13. The lowest BCUT2D eigenvalue weighted by atomic mass is 10.1. The molecule has 0 atom stereocenters. The molecule has 2 heteroatoms. The first-order chi connectivity index (χ1) is 10.3. The summed E-state index contributed by atoms with van der Waals surface area (Å²) in [7, 11) is 0. The first kappa shape index (κ1) is 14.2. The number of aryl methyl sites for hydroxylation is 3. The van der Waals surface area contributed by atoms with E-state index in [4.69, 9.17) is 4.74 Å². The van der Waals surface area contributed by atoms with Gasteiger partial charge in [-0.2, -0.15) is 0 Å². The van der Waals surface area contributed by atoms with Crippen molar-refractivity contribution >= 4 is 0 Å². The maximum Gasteiger partial charge on any atom is 0.130 e. The molecule has 2 nitrogen and oxygen atoms in total. The number of nitrogens with one attached hydrogen (secondary N) is 1. The Hall–Kier alpha value is -1.80. The average Bonchev–Trinajstić information content (AvgIpc) is 2.95. The van der Waals surface area contributed by atoms with Gasteiger partial charge < -0.3 is 10.1 Å². The van der Waals surface area contributed by atoms with Crippen molar-refractivity contribution in [2.24, 2.45) is 0 Å². The molecule has 0 fully saturated rings. The highest BCUT2D eigenvalue weighted by Gasteiger charge is 2.12. The summed E-state index contributed by atoms with van der Waals surface area (Å²) < 4.78 is 6.13. The molecule has 1 aliphatic rings. The highest BCUT2D eigenvalue weighted by molar-refractivity contribution is 5.43. The third kappa shape index (κ3) is 3.27. The van der Waals surface area contributed by atoms with Gasteiger partial charge in [-0.15, -0.1) is 0 Å². The Morgan fingerprint density at radius 1 is 1.05 bits per heavy atom. The molecule has 2 aromatic carbocycles. The first-order valence-electron chi connectivity index (χ1n) is 7.86. The minimum absolute atomic E-state index is 0.886. The minimum Gasteiger partial charge on any atom is -0.457 e. The van der Waals surface area contributed by atoms with Gasteiger partial charge in [-0.3, -0.25) is 0 Å². The van der Waals surface area contributed by atoms with Crippen LogP contribution in [0.4, 0.5) is 0 Å². The van der Waals surface area contributed by atoms with Crippen molar-refractivity contribution in [2.75, 3.05) is 6.54 Å². The van der Waals surface area contributed by atoms with Gasteiger partial charge in [-0.1, -0.05) is 25.1 Å². The van der Waals surface area contributed by atoms with Crippen LogP contribution in [-0.2, 0) is 19.4 Å². The lowest BCUT2D eigenvalue weighted by molar-refractivity contribution is 0.477. The largest absolute Gasteiger partial charge is 0.457 e. The Morgan fingerprint density at radius 2 is 1.90 bits per heavy atom. The average molecular weight is 281 g/mol. The van der Waals surface area contributed by atoms with Crippen LogP contribution >= 0.6 is 0 Å². The Bertz CT molecular complexity index is 633. The van der Waals surface area contributed by atoms with Crippen molar-refractivity contribution in [1.29, 1.82) is 0 Å². The number of ether oxygens (including phenoxy) is 1. The first-order valence-corrected chi connectivity index (χ1v) is 7.86. The highest BCUT2D eigenvalue weighted by atomic mass is 16.5. The summed E-state index contributed by atoms with van der Waals surface area (Å²) in [6, 6.07) is 13.0. The molecule has 1 N–H and O–H groups in total. The molecule has 1 aliphatic carbocycles. The van der Waals surface area contributed by atoms with Gasteiger partial charge in [0.2, 0.25) is 0 Å². The fourth-order valence-corrected chi connectivity index (χ4v) is 2.87. The van der Waals surface area contributed by atoms with E-state index < -0.39 is 0 Å². The molecule has 0 unspecified atom stereocenters. The Labute approximate surface area is 127 Å². The molecule has 2 aromatic rings. The van der Waals surface area contributed by atoms with E-state index in [1.807, 2.05) is 0 Å². The van der Waals surface area contributed by atoms with Gasteiger partial charge in [0.25, 0.3) is 0 Å². The Balaban J connectivity index is 1.80. The number of benzene rings is 2. The van der Waals surface area contributed by atoms with Crippen molar-refractivity contribution in [3.05, 3.63) is 58.7 Å². The summed E-state index contributed by atoms with van der Waals surface area (Å²) in [4.78, 5) is 0. The van der Waals surface area contributed by atoms with E-state index in [9.17, 15) is 0 Å². The van der Waals surface area contributed by atoms with Crippen LogP contribution in [0.25, 0.3) is 0 Å². The van der Waals surface area contributed by atoms with Crippen molar-refractivity contribution in [3.8, 4) is 11.5 Å². The van der Waals surface area contributed by atoms with Gasteiger partial charge in [-0.05, 0) is 73.2 Å². The molecule has 3 rings (SSSR count). The summed E-state index contributed by atoms with van der Waals surface area (Å²) in [5, 5.41) is 3.35. The molecule has 21 heavy (non-hydrogen) atoms. The van der Waals surface area contributed by atoms with Crippen LogP contribution in [-0.4, -0.2) is 6.54 Å². The molecule has 0 radical (unpaired) electrons. The normalized spacial score (nSPS) is 13.2. The van der Waals surface area contributed by atoms with E-state index in [0.717, 1.165) is 24.6 Å². The summed E-state index contributed by atoms with van der Waals surface area (Å²) in [5.74, 6) is 1.92. The number of hydrogen-bond acceptors (Lipinski definition) is 2. The Kier molecular flexibility index (Phi) is 4.26. The van der Waals surface area contributed by atoms with Gasteiger partial charge in [0.15, 0.2) is 0 Å². The van der Waals surface area contributed by atoms with E-state index in [1.54, 1.807) is 0 Å². The molecule has 0 bridgehead atoms. The highest BCUT2D eigenvalue weighted by Crippen LogP contribution is 2.30. The maximum atomic E-state index is 6.13. The predicted octanol–water partition coefficient (Wildman–Crippen LogP) is 4.39. The van der Waals surface area contributed by atoms with E-state index >= 15 is 0 Å². The number of hydrogen-bond donors (Lipinski definition) is 1. The lowest BCUT2D eigenvalue weighted by Gasteiger charge is -2.12. The SMILES string of the molecule is CCNCc1ccc(C)c(Oc2ccc3c(c2)CCC3)c1. The van der Waals surface area contributed by atoms with Crippen molar-refractivity contribution in [2.45, 2.75) is 39.7 Å². The lowest BCUT2D eigenvalue weighted by Crippen LogP contribution is -2.11. The van der Waals surface area contributed by atoms with Gasteiger partial charge >= 0.3 is 0 Å². The zero-order valence-corrected chi connectivity index (χ0v) is 12.9. The maximum absolute atomic E-state index is 6.13. The smallest absolute Gasteiger partial charge is 0.130 e. The predicted molar refractivity (Wildman–Crippen MR) is 87.1 cm³/mol. The van der Waals surface area contributed by atoms with Crippen molar-refractivity contribution in [1.82, 2.24) is 5.32 Å². The van der Waals surface area contributed by atoms with Crippen molar-refractivity contribution in [3.63, 3.8) is 0 Å². The topological polar surface area (TPSA) is 21.3 Å². The second kappa shape index (κ2) is 6.31. The summed E-state index contributed by atoms with van der Waals surface area (Å²) in [5.41, 5.74) is 5.38. The monoisotopic (exact) mass is 281 g/mol. The number of rotatable bonds is 5. The van der Waals surface area contributed by atoms with Crippen LogP contribution in [0.1, 0.15) is 35.6 Å². The van der Waals surface area contributed by atoms with Crippen LogP contribution in [0.15, 0.2) is 36.4 Å². The van der Waals surface area contributed by atoms with Crippen molar-refractivity contribution < 1.29 is 4.74 Å². The quantitative estimate of drug-likeness (QED) is 0.878. The molecule has 0 aromatic heterocycles. The Morgan fingerprint density at radius 3 is 2.76 bits per heavy atom. The molecule has 0 saturated heterocycles. The summed E-state index contributed by atoms with van der Waals surface area (Å²) >= 11 is 0. The van der Waals surface area contributed by atoms with Crippen LogP contribution in [0.3, 0.4) is 0 Å². The van der Waals surface area contributed by atoms with E-state index in [1.165, 1.54) is 41.5 Å². The molecule has 0 saturated carbocycles. The minimum atomic E-state index is 0.886. The van der Waals surface area contributed by atoms with E-state index in [0.29, 0.717) is 0 Å². The summed E-state index contributed by atoms with van der Waals surface area (Å²) in [6.07, 6.45) is 3.68. The second-order valence-corrected chi connectivity index (χ2v) is 5.77. The third-order valence-electron chi connectivity index (χ3n) is 4.13. The fourth-order valence-electron chi connectivity index (χ4n) is 2.87. The second-order valence-electron chi connectivity index (χ2n) is 5.77. The molecule has 0 spiro atoms. The zero-order chi connectivity index (χ0) is 14.7. The van der Waals surface area contributed by atoms with Gasteiger partial charge in [-0.25, -0.2) is 0 Å². The van der Waals surface area contributed by atoms with Crippen LogP contribution in [0, 0.1) is 6.92 Å². The van der Waals surface area contributed by atoms with Crippen LogP contribution in [0.2, 0.25) is 0 Å². The van der Waals surface area contributed by atoms with Gasteiger partial charge in [0.1, 0.15) is 11.5 Å². The molecule has 0 heterocycles. The standard InChI is InChI=1S/C19H23NO/c1-3-20-13-15-8-7-14(2)19(11-15)21-18-10-9-16-5-4-6-17(16)12-18/h7-12,20H,3-6,13H2,1-2H3. The molecular weight excluding hydrogens is 258 g/mol. The number of fused-ring (bicyclic) bond motifs is 1. The van der Waals surface area contributed by atoms with Crippen LogP contribution in [0.5, 0.6) is 11.5 Å². The zero-order valence-electron chi connectivity index (χ0n) is 12.9. The van der Waals surface area contributed by atoms with E-state index in [2.05, 4.69) is 55.6 Å². The molecule has 0 aliphatic heterocycles. The summed E-state index contributed by atoms with van der Waals surface area (Å²) in [6.45, 7) is 6.09. The fraction of sp³-hybridized carbons (Fsp3) is 0.368. The molecule has 0 amide bonds. The molecular formula is C19H23NO. The molecule has 110 valence electrons.